The predicted molar refractivity (Wildman–Crippen MR) is 62.4 cm³/mol. The van der Waals surface area contributed by atoms with Crippen molar-refractivity contribution in [3.63, 3.8) is 0 Å². The second-order valence-electron chi connectivity index (χ2n) is 4.71. The van der Waals surface area contributed by atoms with Gasteiger partial charge in [0, 0.05) is 18.3 Å². The van der Waals surface area contributed by atoms with E-state index in [1.165, 1.54) is 12.3 Å². The van der Waals surface area contributed by atoms with Crippen LogP contribution in [0.3, 0.4) is 0 Å². The first-order valence-corrected chi connectivity index (χ1v) is 5.96. The number of rotatable bonds is 0. The number of nitrogens with zero attached hydrogens (tertiary/aromatic N) is 2. The second-order valence-corrected chi connectivity index (χ2v) is 4.71. The van der Waals surface area contributed by atoms with Crippen molar-refractivity contribution in [2.24, 2.45) is 0 Å². The Hall–Kier alpha value is -1.82. The van der Waals surface area contributed by atoms with Crippen LogP contribution in [0.2, 0.25) is 0 Å². The Balaban J connectivity index is 2.13. The molecule has 0 aromatic carbocycles. The average molecular weight is 250 g/mol. The second kappa shape index (κ2) is 3.84. The summed E-state index contributed by atoms with van der Waals surface area (Å²) >= 11 is 0. The molecule has 2 aliphatic heterocycles. The van der Waals surface area contributed by atoms with Crippen molar-refractivity contribution < 1.29 is 14.6 Å². The Morgan fingerprint density at radius 3 is 3.00 bits per heavy atom. The fourth-order valence-corrected chi connectivity index (χ4v) is 2.58. The first-order valence-electron chi connectivity index (χ1n) is 5.96. The third-order valence-electron chi connectivity index (χ3n) is 3.57. The number of aromatic hydroxyl groups is 1. The lowest BCUT2D eigenvalue weighted by atomic mass is 10.1. The van der Waals surface area contributed by atoms with Crippen LogP contribution in [0.25, 0.3) is 0 Å². The Morgan fingerprint density at radius 2 is 2.22 bits per heavy atom. The van der Waals surface area contributed by atoms with Gasteiger partial charge >= 0.3 is 0 Å². The number of amides is 1. The van der Waals surface area contributed by atoms with Gasteiger partial charge in [-0.3, -0.25) is 9.59 Å². The van der Waals surface area contributed by atoms with Crippen molar-refractivity contribution >= 4 is 5.91 Å². The van der Waals surface area contributed by atoms with E-state index >= 15 is 0 Å². The van der Waals surface area contributed by atoms with Gasteiger partial charge in [-0.15, -0.1) is 0 Å². The van der Waals surface area contributed by atoms with Crippen molar-refractivity contribution in [1.82, 2.24) is 9.47 Å². The molecule has 1 N–H and O–H groups in total. The van der Waals surface area contributed by atoms with Gasteiger partial charge in [0.2, 0.25) is 5.43 Å². The maximum Gasteiger partial charge on any atom is 0.276 e. The van der Waals surface area contributed by atoms with Gasteiger partial charge in [-0.25, -0.2) is 0 Å². The van der Waals surface area contributed by atoms with Crippen LogP contribution in [0.15, 0.2) is 17.1 Å². The van der Waals surface area contributed by atoms with Crippen LogP contribution < -0.4 is 5.43 Å². The van der Waals surface area contributed by atoms with E-state index in [0.717, 1.165) is 6.42 Å². The molecule has 6 nitrogen and oxygen atoms in total. The largest absolute Gasteiger partial charge is 0.503 e. The number of ether oxygens (including phenoxy) is 1. The molecule has 96 valence electrons. The molecule has 1 saturated heterocycles. The average Bonchev–Trinajstić information content (AvgIpc) is 2.34. The summed E-state index contributed by atoms with van der Waals surface area (Å²) in [6.07, 6.45) is 1.98. The van der Waals surface area contributed by atoms with Gasteiger partial charge in [-0.2, -0.15) is 0 Å². The van der Waals surface area contributed by atoms with Crippen molar-refractivity contribution in [2.45, 2.75) is 32.2 Å². The molecule has 18 heavy (non-hydrogen) atoms. The smallest absolute Gasteiger partial charge is 0.276 e. The number of hydrogen-bond donors (Lipinski definition) is 1. The fraction of sp³-hybridized carbons (Fsp3) is 0.500. The lowest BCUT2D eigenvalue weighted by molar-refractivity contribution is -0.112. The molecular formula is C12H14N2O4. The van der Waals surface area contributed by atoms with Crippen LogP contribution in [0.4, 0.5) is 0 Å². The number of carbonyl (C=O) groups excluding carboxylic acids is 1. The summed E-state index contributed by atoms with van der Waals surface area (Å²) in [6, 6.07) is 1.31. The molecule has 0 bridgehead atoms. The van der Waals surface area contributed by atoms with Crippen molar-refractivity contribution in [2.75, 3.05) is 6.61 Å². The zero-order valence-electron chi connectivity index (χ0n) is 10.00. The highest BCUT2D eigenvalue weighted by atomic mass is 16.5. The molecule has 3 heterocycles. The maximum atomic E-state index is 12.4. The van der Waals surface area contributed by atoms with Crippen molar-refractivity contribution in [1.29, 1.82) is 0 Å². The summed E-state index contributed by atoms with van der Waals surface area (Å²) in [5.74, 6) is -0.813. The molecule has 1 aromatic rings. The molecular weight excluding hydrogens is 236 g/mol. The van der Waals surface area contributed by atoms with Gasteiger partial charge in [0.05, 0.1) is 13.2 Å². The zero-order valence-corrected chi connectivity index (χ0v) is 10.00. The highest BCUT2D eigenvalue weighted by Gasteiger charge is 2.39. The number of hydrogen-bond acceptors (Lipinski definition) is 4. The van der Waals surface area contributed by atoms with E-state index in [4.69, 9.17) is 4.74 Å². The van der Waals surface area contributed by atoms with Crippen LogP contribution in [-0.2, 0) is 11.3 Å². The van der Waals surface area contributed by atoms with E-state index in [1.807, 2.05) is 6.92 Å². The molecule has 1 amide bonds. The molecule has 0 unspecified atom stereocenters. The van der Waals surface area contributed by atoms with Gasteiger partial charge in [0.15, 0.2) is 17.7 Å². The fourth-order valence-electron chi connectivity index (χ4n) is 2.58. The minimum atomic E-state index is -0.529. The van der Waals surface area contributed by atoms with Crippen molar-refractivity contribution in [3.05, 3.63) is 28.2 Å². The Bertz CT molecular complexity index is 566. The summed E-state index contributed by atoms with van der Waals surface area (Å²) in [4.78, 5) is 25.4. The van der Waals surface area contributed by atoms with Gasteiger partial charge in [0.25, 0.3) is 5.91 Å². The summed E-state index contributed by atoms with van der Waals surface area (Å²) < 4.78 is 7.16. The topological polar surface area (TPSA) is 71.8 Å². The summed E-state index contributed by atoms with van der Waals surface area (Å²) in [5, 5.41) is 9.77. The van der Waals surface area contributed by atoms with Gasteiger partial charge in [-0.1, -0.05) is 0 Å². The summed E-state index contributed by atoms with van der Waals surface area (Å²) in [5.41, 5.74) is -0.463. The summed E-state index contributed by atoms with van der Waals surface area (Å²) in [7, 11) is 0. The molecule has 2 aliphatic rings. The van der Waals surface area contributed by atoms with Crippen LogP contribution >= 0.6 is 0 Å². The highest BCUT2D eigenvalue weighted by Crippen LogP contribution is 2.28. The highest BCUT2D eigenvalue weighted by molar-refractivity contribution is 5.96. The monoisotopic (exact) mass is 250 g/mol. The Morgan fingerprint density at radius 1 is 1.44 bits per heavy atom. The number of aromatic nitrogens is 1. The van der Waals surface area contributed by atoms with E-state index in [2.05, 4.69) is 0 Å². The normalized spacial score (nSPS) is 26.7. The van der Waals surface area contributed by atoms with Crippen molar-refractivity contribution in [3.8, 4) is 5.75 Å². The molecule has 0 radical (unpaired) electrons. The van der Waals surface area contributed by atoms with Crippen LogP contribution in [-0.4, -0.2) is 39.4 Å². The van der Waals surface area contributed by atoms with Crippen LogP contribution in [0.1, 0.15) is 23.8 Å². The van der Waals surface area contributed by atoms with Crippen LogP contribution in [0, 0.1) is 0 Å². The molecule has 1 fully saturated rings. The molecule has 0 aliphatic carbocycles. The Kier molecular flexibility index (Phi) is 2.41. The van der Waals surface area contributed by atoms with E-state index in [9.17, 15) is 14.7 Å². The predicted octanol–water partition coefficient (Wildman–Crippen LogP) is 0.145. The molecule has 3 rings (SSSR count). The van der Waals surface area contributed by atoms with E-state index in [0.29, 0.717) is 13.2 Å². The summed E-state index contributed by atoms with van der Waals surface area (Å²) in [6.45, 7) is 3.01. The number of pyridine rings is 1. The van der Waals surface area contributed by atoms with E-state index in [1.54, 1.807) is 9.47 Å². The minimum Gasteiger partial charge on any atom is -0.503 e. The standard InChI is InChI=1S/C12H14N2O4/c1-7-3-5-18-9-6-13-4-2-8(15)11(16)10(13)12(17)14(7)9/h2,4,7,9,16H,3,5-6H2,1H3/t7-,9+/m1/s1. The lowest BCUT2D eigenvalue weighted by Crippen LogP contribution is -2.56. The third kappa shape index (κ3) is 1.45. The molecule has 0 spiro atoms. The molecule has 2 atom stereocenters. The van der Waals surface area contributed by atoms with Gasteiger partial charge in [0.1, 0.15) is 0 Å². The number of carbonyl (C=O) groups is 1. The van der Waals surface area contributed by atoms with Crippen LogP contribution in [0.5, 0.6) is 5.75 Å². The number of fused-ring (bicyclic) bond motifs is 2. The molecule has 6 heteroatoms. The van der Waals surface area contributed by atoms with Gasteiger partial charge < -0.3 is 19.3 Å². The maximum absolute atomic E-state index is 12.4. The lowest BCUT2D eigenvalue weighted by Gasteiger charge is -2.44. The zero-order chi connectivity index (χ0) is 12.9. The first kappa shape index (κ1) is 11.3. The van der Waals surface area contributed by atoms with Gasteiger partial charge in [-0.05, 0) is 13.3 Å². The third-order valence-corrected chi connectivity index (χ3v) is 3.57. The first-order chi connectivity index (χ1) is 8.59. The Labute approximate surface area is 103 Å². The molecule has 0 saturated carbocycles. The van der Waals surface area contributed by atoms with E-state index in [-0.39, 0.29) is 23.9 Å². The SMILES string of the molecule is C[C@@H]1CCO[C@H]2Cn3ccc(=O)c(O)c3C(=O)N12. The van der Waals surface area contributed by atoms with E-state index < -0.39 is 11.2 Å². The molecule has 1 aromatic heterocycles. The minimum absolute atomic E-state index is 0.0553. The quantitative estimate of drug-likeness (QED) is 0.711.